The monoisotopic (exact) mass is 274 g/mol. The van der Waals surface area contributed by atoms with Gasteiger partial charge in [-0.25, -0.2) is 9.59 Å². The summed E-state index contributed by atoms with van der Waals surface area (Å²) < 4.78 is 4.58. The fourth-order valence-electron chi connectivity index (χ4n) is 1.40. The molecule has 0 saturated carbocycles. The molecule has 2 unspecified atom stereocenters. The van der Waals surface area contributed by atoms with Crippen molar-refractivity contribution < 1.29 is 29.6 Å². The smallest absolute Gasteiger partial charge is 0.345 e. The van der Waals surface area contributed by atoms with Gasteiger partial charge in [-0.3, -0.25) is 0 Å². The SMILES string of the molecule is CCOC(=O)C(O)C(O)c1sc(C(=O)O)cc1C. The number of aliphatic hydroxyl groups excluding tert-OH is 2. The van der Waals surface area contributed by atoms with Crippen LogP contribution in [0.5, 0.6) is 0 Å². The van der Waals surface area contributed by atoms with Gasteiger partial charge in [0.15, 0.2) is 6.10 Å². The van der Waals surface area contributed by atoms with E-state index in [-0.39, 0.29) is 16.4 Å². The van der Waals surface area contributed by atoms with Gasteiger partial charge < -0.3 is 20.1 Å². The summed E-state index contributed by atoms with van der Waals surface area (Å²) in [6, 6.07) is 1.38. The van der Waals surface area contributed by atoms with Crippen LogP contribution < -0.4 is 0 Å². The molecule has 0 aliphatic carbocycles. The van der Waals surface area contributed by atoms with Gasteiger partial charge in [-0.15, -0.1) is 11.3 Å². The van der Waals surface area contributed by atoms with Gasteiger partial charge in [0.05, 0.1) is 6.61 Å². The van der Waals surface area contributed by atoms with Crippen molar-refractivity contribution in [3.05, 3.63) is 21.4 Å². The average molecular weight is 274 g/mol. The van der Waals surface area contributed by atoms with Gasteiger partial charge in [0.1, 0.15) is 11.0 Å². The molecule has 0 amide bonds. The van der Waals surface area contributed by atoms with Crippen molar-refractivity contribution in [3.8, 4) is 0 Å². The lowest BCUT2D eigenvalue weighted by Crippen LogP contribution is -2.29. The number of carbonyl (C=O) groups excluding carboxylic acids is 1. The molecule has 6 nitrogen and oxygen atoms in total. The van der Waals surface area contributed by atoms with Gasteiger partial charge in [-0.05, 0) is 25.5 Å². The molecule has 0 aliphatic heterocycles. The number of esters is 1. The van der Waals surface area contributed by atoms with E-state index in [1.807, 2.05) is 0 Å². The van der Waals surface area contributed by atoms with Crippen molar-refractivity contribution in [1.29, 1.82) is 0 Å². The molecule has 0 radical (unpaired) electrons. The summed E-state index contributed by atoms with van der Waals surface area (Å²) >= 11 is 0.822. The second-order valence-corrected chi connectivity index (χ2v) is 4.69. The first-order valence-electron chi connectivity index (χ1n) is 5.24. The Morgan fingerprint density at radius 2 is 2.06 bits per heavy atom. The molecule has 0 saturated heterocycles. The van der Waals surface area contributed by atoms with Crippen LogP contribution in [0.4, 0.5) is 0 Å². The minimum Gasteiger partial charge on any atom is -0.477 e. The van der Waals surface area contributed by atoms with Crippen LogP contribution in [0, 0.1) is 6.92 Å². The molecule has 0 aromatic carbocycles. The van der Waals surface area contributed by atoms with E-state index < -0.39 is 24.1 Å². The minimum absolute atomic E-state index is 0.0395. The molecular weight excluding hydrogens is 260 g/mol. The predicted octanol–water partition coefficient (Wildman–Crippen LogP) is 0.712. The molecule has 3 N–H and O–H groups in total. The number of carboxylic acid groups (broad SMARTS) is 1. The topological polar surface area (TPSA) is 104 Å². The molecule has 7 heteroatoms. The number of ether oxygens (including phenoxy) is 1. The maximum atomic E-state index is 11.3. The normalized spacial score (nSPS) is 14.0. The van der Waals surface area contributed by atoms with Gasteiger partial charge in [-0.1, -0.05) is 0 Å². The summed E-state index contributed by atoms with van der Waals surface area (Å²) in [6.45, 7) is 3.27. The van der Waals surface area contributed by atoms with Gasteiger partial charge in [-0.2, -0.15) is 0 Å². The molecule has 2 atom stereocenters. The molecule has 1 heterocycles. The molecular formula is C11H14O6S. The van der Waals surface area contributed by atoms with Gasteiger partial charge in [0.25, 0.3) is 0 Å². The summed E-state index contributed by atoms with van der Waals surface area (Å²) in [4.78, 5) is 22.3. The van der Waals surface area contributed by atoms with Crippen molar-refractivity contribution in [2.75, 3.05) is 6.61 Å². The molecule has 18 heavy (non-hydrogen) atoms. The van der Waals surface area contributed by atoms with Crippen molar-refractivity contribution in [1.82, 2.24) is 0 Å². The second kappa shape index (κ2) is 5.94. The molecule has 1 rings (SSSR count). The molecule has 0 bridgehead atoms. The molecule has 0 spiro atoms. The van der Waals surface area contributed by atoms with Crippen LogP contribution in [0.3, 0.4) is 0 Å². The predicted molar refractivity (Wildman–Crippen MR) is 63.6 cm³/mol. The molecule has 0 fully saturated rings. The summed E-state index contributed by atoms with van der Waals surface area (Å²) in [6.07, 6.45) is -3.20. The van der Waals surface area contributed by atoms with Crippen molar-refractivity contribution >= 4 is 23.3 Å². The third-order valence-corrected chi connectivity index (χ3v) is 3.56. The maximum Gasteiger partial charge on any atom is 0.345 e. The Hall–Kier alpha value is -1.44. The number of thiophene rings is 1. The zero-order valence-electron chi connectivity index (χ0n) is 9.91. The third kappa shape index (κ3) is 3.06. The Kier molecular flexibility index (Phi) is 4.83. The lowest BCUT2D eigenvalue weighted by Gasteiger charge is -2.15. The maximum absolute atomic E-state index is 11.3. The highest BCUT2D eigenvalue weighted by atomic mass is 32.1. The standard InChI is InChI=1S/C11H14O6S/c1-3-17-11(16)8(13)7(12)9-5(2)4-6(18-9)10(14)15/h4,7-8,12-13H,3H2,1-2H3,(H,14,15). The first-order valence-corrected chi connectivity index (χ1v) is 6.06. The van der Waals surface area contributed by atoms with Crippen LogP contribution in [0.15, 0.2) is 6.07 Å². The third-order valence-electron chi connectivity index (χ3n) is 2.26. The van der Waals surface area contributed by atoms with Crippen LogP contribution in [0.1, 0.15) is 33.1 Å². The van der Waals surface area contributed by atoms with Gasteiger partial charge in [0, 0.05) is 4.88 Å². The Bertz CT molecular complexity index is 452. The summed E-state index contributed by atoms with van der Waals surface area (Å²) in [5.74, 6) is -2.05. The largest absolute Gasteiger partial charge is 0.477 e. The summed E-state index contributed by atoms with van der Waals surface area (Å²) in [7, 11) is 0. The quantitative estimate of drug-likeness (QED) is 0.683. The van der Waals surface area contributed by atoms with Crippen molar-refractivity contribution in [2.24, 2.45) is 0 Å². The van der Waals surface area contributed by atoms with E-state index in [4.69, 9.17) is 5.11 Å². The van der Waals surface area contributed by atoms with E-state index >= 15 is 0 Å². The first kappa shape index (κ1) is 14.6. The van der Waals surface area contributed by atoms with Crippen molar-refractivity contribution in [3.63, 3.8) is 0 Å². The zero-order chi connectivity index (χ0) is 13.9. The number of aromatic carboxylic acids is 1. The fraction of sp³-hybridized carbons (Fsp3) is 0.455. The summed E-state index contributed by atoms with van der Waals surface area (Å²) in [5.41, 5.74) is 0.508. The lowest BCUT2D eigenvalue weighted by atomic mass is 10.1. The number of hydrogen-bond acceptors (Lipinski definition) is 6. The zero-order valence-corrected chi connectivity index (χ0v) is 10.7. The van der Waals surface area contributed by atoms with E-state index in [0.29, 0.717) is 5.56 Å². The number of aryl methyl sites for hydroxylation is 1. The highest BCUT2D eigenvalue weighted by molar-refractivity contribution is 7.14. The fourth-order valence-corrected chi connectivity index (χ4v) is 2.42. The van der Waals surface area contributed by atoms with E-state index in [2.05, 4.69) is 4.74 Å². The van der Waals surface area contributed by atoms with Crippen LogP contribution in [-0.2, 0) is 9.53 Å². The Balaban J connectivity index is 2.92. The lowest BCUT2D eigenvalue weighted by molar-refractivity contribution is -0.159. The van der Waals surface area contributed by atoms with Crippen LogP contribution in [0.2, 0.25) is 0 Å². The molecule has 1 aromatic heterocycles. The Morgan fingerprint density at radius 1 is 1.44 bits per heavy atom. The summed E-state index contributed by atoms with van der Waals surface area (Å²) in [5, 5.41) is 28.2. The highest BCUT2D eigenvalue weighted by Gasteiger charge is 2.30. The van der Waals surface area contributed by atoms with Gasteiger partial charge >= 0.3 is 11.9 Å². The number of rotatable bonds is 5. The van der Waals surface area contributed by atoms with Crippen LogP contribution in [-0.4, -0.2) is 40.0 Å². The van der Waals surface area contributed by atoms with Gasteiger partial charge in [0.2, 0.25) is 0 Å². The molecule has 0 aliphatic rings. The first-order chi connectivity index (χ1) is 8.38. The van der Waals surface area contributed by atoms with E-state index in [1.165, 1.54) is 6.07 Å². The second-order valence-electron chi connectivity index (χ2n) is 3.60. The number of carbonyl (C=O) groups is 2. The van der Waals surface area contributed by atoms with E-state index in [9.17, 15) is 19.8 Å². The van der Waals surface area contributed by atoms with Crippen molar-refractivity contribution in [2.45, 2.75) is 26.1 Å². The molecule has 100 valence electrons. The van der Waals surface area contributed by atoms with Crippen LogP contribution >= 0.6 is 11.3 Å². The van der Waals surface area contributed by atoms with Crippen LogP contribution in [0.25, 0.3) is 0 Å². The number of hydrogen-bond donors (Lipinski definition) is 3. The minimum atomic E-state index is -1.72. The number of aliphatic hydroxyl groups is 2. The Labute approximate surface area is 107 Å². The highest BCUT2D eigenvalue weighted by Crippen LogP contribution is 2.30. The average Bonchev–Trinajstić information content (AvgIpc) is 2.70. The number of carboxylic acids is 1. The van der Waals surface area contributed by atoms with E-state index in [1.54, 1.807) is 13.8 Å². The Morgan fingerprint density at radius 3 is 2.50 bits per heavy atom. The molecule has 1 aromatic rings. The van der Waals surface area contributed by atoms with E-state index in [0.717, 1.165) is 11.3 Å².